The first-order valence-corrected chi connectivity index (χ1v) is 7.26. The van der Waals surface area contributed by atoms with Crippen molar-refractivity contribution in [3.8, 4) is 0 Å². The van der Waals surface area contributed by atoms with E-state index >= 15 is 0 Å². The van der Waals surface area contributed by atoms with E-state index in [1.165, 1.54) is 24.0 Å². The molecule has 0 saturated carbocycles. The topological polar surface area (TPSA) is 0 Å². The Bertz CT molecular complexity index is 584. The largest absolute Gasteiger partial charge is 0.0645 e. The van der Waals surface area contributed by atoms with Crippen molar-refractivity contribution in [1.29, 1.82) is 0 Å². The molecule has 0 amide bonds. The molecular weight excluding hydrogens is 228 g/mol. The molecule has 0 N–H and O–H groups in total. The predicted octanol–water partition coefficient (Wildman–Crippen LogP) is 5.06. The van der Waals surface area contributed by atoms with E-state index in [9.17, 15) is 0 Å². The highest BCUT2D eigenvalue weighted by Gasteiger charge is 2.46. The smallest absolute Gasteiger partial charge is 0.0186 e. The molecule has 0 heteroatoms. The first kappa shape index (κ1) is 12.5. The van der Waals surface area contributed by atoms with Gasteiger partial charge in [0.15, 0.2) is 0 Å². The van der Waals surface area contributed by atoms with Crippen molar-refractivity contribution in [3.63, 3.8) is 0 Å². The lowest BCUT2D eigenvalue weighted by atomic mass is 9.74. The molecule has 3 rings (SSSR count). The van der Waals surface area contributed by atoms with Gasteiger partial charge in [0.25, 0.3) is 0 Å². The molecule has 0 bridgehead atoms. The first-order valence-electron chi connectivity index (χ1n) is 7.26. The average molecular weight is 250 g/mol. The minimum atomic E-state index is 0.155. The fourth-order valence-corrected chi connectivity index (χ4v) is 3.84. The van der Waals surface area contributed by atoms with E-state index in [4.69, 9.17) is 0 Å². The quantitative estimate of drug-likeness (QED) is 0.698. The highest BCUT2D eigenvalue weighted by molar-refractivity contribution is 5.51. The Morgan fingerprint density at radius 2 is 1.42 bits per heavy atom. The van der Waals surface area contributed by atoms with E-state index in [1.54, 1.807) is 5.56 Å². The van der Waals surface area contributed by atoms with Gasteiger partial charge in [0, 0.05) is 5.41 Å². The summed E-state index contributed by atoms with van der Waals surface area (Å²) >= 11 is 0. The van der Waals surface area contributed by atoms with Crippen LogP contribution in [-0.2, 0) is 10.8 Å². The van der Waals surface area contributed by atoms with Crippen LogP contribution < -0.4 is 0 Å². The molecule has 1 aliphatic carbocycles. The maximum absolute atomic E-state index is 2.42. The molecule has 0 radical (unpaired) electrons. The van der Waals surface area contributed by atoms with E-state index in [0.717, 1.165) is 0 Å². The summed E-state index contributed by atoms with van der Waals surface area (Å²) in [6.45, 7) is 7.13. The number of fused-ring (bicyclic) bond motifs is 1. The zero-order chi connectivity index (χ0) is 13.5. The summed E-state index contributed by atoms with van der Waals surface area (Å²) < 4.78 is 0. The second-order valence-electron chi connectivity index (χ2n) is 6.33. The molecule has 0 aromatic heterocycles. The zero-order valence-corrected chi connectivity index (χ0v) is 12.1. The van der Waals surface area contributed by atoms with E-state index in [1.807, 2.05) is 0 Å². The van der Waals surface area contributed by atoms with Crippen LogP contribution in [0.3, 0.4) is 0 Å². The standard InChI is InChI=1S/C19H22/c1-4-18(2)14-19(3,15-10-6-5-7-11-15)17-13-9-8-12-16(17)18/h5-13H,4,14H2,1-3H3. The number of hydrogen-bond donors (Lipinski definition) is 0. The van der Waals surface area contributed by atoms with Gasteiger partial charge >= 0.3 is 0 Å². The van der Waals surface area contributed by atoms with Crippen LogP contribution in [0, 0.1) is 0 Å². The molecule has 19 heavy (non-hydrogen) atoms. The molecular formula is C19H22. The minimum absolute atomic E-state index is 0.155. The molecule has 2 aromatic rings. The highest BCUT2D eigenvalue weighted by atomic mass is 14.5. The summed E-state index contributed by atoms with van der Waals surface area (Å²) in [5.74, 6) is 0. The fourth-order valence-electron chi connectivity index (χ4n) is 3.84. The van der Waals surface area contributed by atoms with Crippen molar-refractivity contribution >= 4 is 0 Å². The van der Waals surface area contributed by atoms with Crippen molar-refractivity contribution < 1.29 is 0 Å². The van der Waals surface area contributed by atoms with Crippen molar-refractivity contribution in [1.82, 2.24) is 0 Å². The van der Waals surface area contributed by atoms with Gasteiger partial charge in [-0.1, -0.05) is 75.4 Å². The normalized spacial score (nSPS) is 29.2. The van der Waals surface area contributed by atoms with E-state index in [2.05, 4.69) is 75.4 Å². The van der Waals surface area contributed by atoms with Gasteiger partial charge in [-0.2, -0.15) is 0 Å². The minimum Gasteiger partial charge on any atom is -0.0645 e. The second kappa shape index (κ2) is 4.23. The van der Waals surface area contributed by atoms with E-state index in [0.29, 0.717) is 5.41 Å². The molecule has 0 aliphatic heterocycles. The van der Waals surface area contributed by atoms with Crippen LogP contribution in [0.1, 0.15) is 50.3 Å². The van der Waals surface area contributed by atoms with Gasteiger partial charge in [0.1, 0.15) is 0 Å². The molecule has 2 aromatic carbocycles. The molecule has 0 saturated heterocycles. The van der Waals surface area contributed by atoms with Gasteiger partial charge < -0.3 is 0 Å². The van der Waals surface area contributed by atoms with Crippen molar-refractivity contribution in [2.24, 2.45) is 0 Å². The van der Waals surface area contributed by atoms with Gasteiger partial charge in [-0.15, -0.1) is 0 Å². The Morgan fingerprint density at radius 3 is 2.05 bits per heavy atom. The second-order valence-corrected chi connectivity index (χ2v) is 6.33. The van der Waals surface area contributed by atoms with Gasteiger partial charge in [0.05, 0.1) is 0 Å². The third-order valence-corrected chi connectivity index (χ3v) is 5.11. The van der Waals surface area contributed by atoms with Crippen LogP contribution in [0.5, 0.6) is 0 Å². The van der Waals surface area contributed by atoms with Gasteiger partial charge in [-0.3, -0.25) is 0 Å². The van der Waals surface area contributed by atoms with E-state index in [-0.39, 0.29) is 5.41 Å². The van der Waals surface area contributed by atoms with Crippen molar-refractivity contribution in [2.75, 3.05) is 0 Å². The van der Waals surface area contributed by atoms with Crippen molar-refractivity contribution in [3.05, 3.63) is 71.3 Å². The molecule has 98 valence electrons. The van der Waals surface area contributed by atoms with Gasteiger partial charge in [0.2, 0.25) is 0 Å². The highest BCUT2D eigenvalue weighted by Crippen LogP contribution is 2.53. The Balaban J connectivity index is 2.21. The Morgan fingerprint density at radius 1 is 0.842 bits per heavy atom. The molecule has 0 spiro atoms. The van der Waals surface area contributed by atoms with Crippen LogP contribution in [0.4, 0.5) is 0 Å². The lowest BCUT2D eigenvalue weighted by Gasteiger charge is -2.29. The first-order chi connectivity index (χ1) is 9.10. The summed E-state index contributed by atoms with van der Waals surface area (Å²) in [6, 6.07) is 20.0. The summed E-state index contributed by atoms with van der Waals surface area (Å²) in [5, 5.41) is 0. The Labute approximate surface area is 116 Å². The molecule has 0 heterocycles. The molecule has 0 nitrogen and oxygen atoms in total. The molecule has 2 unspecified atom stereocenters. The van der Waals surface area contributed by atoms with Gasteiger partial charge in [-0.25, -0.2) is 0 Å². The lowest BCUT2D eigenvalue weighted by molar-refractivity contribution is 0.383. The molecule has 0 fully saturated rings. The molecule has 2 atom stereocenters. The summed E-state index contributed by atoms with van der Waals surface area (Å²) in [6.07, 6.45) is 2.41. The number of rotatable bonds is 2. The van der Waals surface area contributed by atoms with Gasteiger partial charge in [-0.05, 0) is 34.9 Å². The Hall–Kier alpha value is -1.56. The summed E-state index contributed by atoms with van der Waals surface area (Å²) in [7, 11) is 0. The van der Waals surface area contributed by atoms with Crippen LogP contribution in [0.25, 0.3) is 0 Å². The van der Waals surface area contributed by atoms with Crippen LogP contribution >= 0.6 is 0 Å². The molecule has 1 aliphatic rings. The fraction of sp³-hybridized carbons (Fsp3) is 0.368. The number of hydrogen-bond acceptors (Lipinski definition) is 0. The maximum atomic E-state index is 2.42. The number of benzene rings is 2. The summed E-state index contributed by atoms with van der Waals surface area (Å²) in [5.41, 5.74) is 4.97. The zero-order valence-electron chi connectivity index (χ0n) is 12.1. The van der Waals surface area contributed by atoms with E-state index < -0.39 is 0 Å². The van der Waals surface area contributed by atoms with Crippen LogP contribution in [-0.4, -0.2) is 0 Å². The lowest BCUT2D eigenvalue weighted by Crippen LogP contribution is -2.24. The third-order valence-electron chi connectivity index (χ3n) is 5.11. The summed E-state index contributed by atoms with van der Waals surface area (Å²) in [4.78, 5) is 0. The monoisotopic (exact) mass is 250 g/mol. The predicted molar refractivity (Wildman–Crippen MR) is 81.6 cm³/mol. The van der Waals surface area contributed by atoms with Crippen LogP contribution in [0.2, 0.25) is 0 Å². The Kier molecular flexibility index (Phi) is 2.78. The van der Waals surface area contributed by atoms with Crippen LogP contribution in [0.15, 0.2) is 54.6 Å². The third kappa shape index (κ3) is 1.74. The average Bonchev–Trinajstić information content (AvgIpc) is 2.71. The SMILES string of the molecule is CCC1(C)CC(C)(c2ccccc2)c2ccccc21. The van der Waals surface area contributed by atoms with Crippen molar-refractivity contribution in [2.45, 2.75) is 44.4 Å². The maximum Gasteiger partial charge on any atom is 0.0186 e.